The molecule has 1 saturated heterocycles. The van der Waals surface area contributed by atoms with E-state index in [2.05, 4.69) is 37.4 Å². The van der Waals surface area contributed by atoms with Crippen molar-refractivity contribution in [1.82, 2.24) is 0 Å². The molecule has 1 aliphatic heterocycles. The van der Waals surface area contributed by atoms with Crippen molar-refractivity contribution in [2.75, 3.05) is 0 Å². The Morgan fingerprint density at radius 2 is 1.38 bits per heavy atom. The van der Waals surface area contributed by atoms with Crippen molar-refractivity contribution in [3.8, 4) is 0 Å². The van der Waals surface area contributed by atoms with Crippen LogP contribution in [0.4, 0.5) is 0 Å². The Hall–Kier alpha value is -0.303. The monoisotopic (exact) mass is 194 g/mol. The molecule has 0 radical (unpaired) electrons. The molecular formula is C12H22Si. The van der Waals surface area contributed by atoms with E-state index >= 15 is 0 Å². The van der Waals surface area contributed by atoms with E-state index in [4.69, 9.17) is 0 Å². The van der Waals surface area contributed by atoms with Gasteiger partial charge in [0, 0.05) is 0 Å². The van der Waals surface area contributed by atoms with Gasteiger partial charge in [0.1, 0.15) is 8.07 Å². The van der Waals surface area contributed by atoms with E-state index < -0.39 is 8.07 Å². The summed E-state index contributed by atoms with van der Waals surface area (Å²) >= 11 is 0. The zero-order valence-corrected chi connectivity index (χ0v) is 10.1. The highest BCUT2D eigenvalue weighted by Gasteiger charge is 2.30. The van der Waals surface area contributed by atoms with E-state index in [9.17, 15) is 0 Å². The molecule has 1 heteroatoms. The Kier molecular flexibility index (Phi) is 4.50. The molecule has 1 rings (SSSR count). The van der Waals surface area contributed by atoms with Gasteiger partial charge < -0.3 is 0 Å². The van der Waals surface area contributed by atoms with Gasteiger partial charge in [0.25, 0.3) is 0 Å². The molecule has 0 aromatic rings. The SMILES string of the molecule is CC/C=C/[Si]1(/C=C/CC)CCCC1. The maximum absolute atomic E-state index is 2.58. The molecule has 0 aromatic carbocycles. The fourth-order valence-electron chi connectivity index (χ4n) is 2.13. The van der Waals surface area contributed by atoms with Crippen LogP contribution in [0.1, 0.15) is 39.5 Å². The molecular weight excluding hydrogens is 172 g/mol. The first kappa shape index (κ1) is 10.8. The zero-order valence-electron chi connectivity index (χ0n) is 9.05. The number of allylic oxidation sites excluding steroid dienone is 2. The highest BCUT2D eigenvalue weighted by molar-refractivity contribution is 6.89. The summed E-state index contributed by atoms with van der Waals surface area (Å²) in [5.41, 5.74) is 5.15. The molecule has 0 saturated carbocycles. The standard InChI is InChI=1S/C12H22Si/c1-3-5-9-13(10-6-4-2)11-7-8-12-13/h5-6,9-10H,3-4,7-8,11-12H2,1-2H3/b9-5+,10-6+. The van der Waals surface area contributed by atoms with Crippen molar-refractivity contribution in [2.24, 2.45) is 0 Å². The highest BCUT2D eigenvalue weighted by atomic mass is 28.3. The molecule has 1 aliphatic rings. The van der Waals surface area contributed by atoms with Crippen LogP contribution in [0.2, 0.25) is 12.1 Å². The summed E-state index contributed by atoms with van der Waals surface area (Å²) in [7, 11) is -1.04. The van der Waals surface area contributed by atoms with E-state index in [1.807, 2.05) is 0 Å². The van der Waals surface area contributed by atoms with Crippen LogP contribution < -0.4 is 0 Å². The number of hydrogen-bond acceptors (Lipinski definition) is 0. The van der Waals surface area contributed by atoms with E-state index in [0.717, 1.165) is 0 Å². The Labute approximate surface area is 83.7 Å². The third kappa shape index (κ3) is 3.15. The lowest BCUT2D eigenvalue weighted by atomic mass is 10.4. The van der Waals surface area contributed by atoms with Crippen LogP contribution in [-0.2, 0) is 0 Å². The molecule has 0 bridgehead atoms. The van der Waals surface area contributed by atoms with Gasteiger partial charge in [-0.3, -0.25) is 0 Å². The minimum atomic E-state index is -1.04. The molecule has 13 heavy (non-hydrogen) atoms. The van der Waals surface area contributed by atoms with Gasteiger partial charge in [0.05, 0.1) is 0 Å². The summed E-state index contributed by atoms with van der Waals surface area (Å²) in [6.07, 6.45) is 10.1. The van der Waals surface area contributed by atoms with Crippen LogP contribution in [-0.4, -0.2) is 8.07 Å². The van der Waals surface area contributed by atoms with Crippen LogP contribution in [0.3, 0.4) is 0 Å². The molecule has 74 valence electrons. The third-order valence-corrected chi connectivity index (χ3v) is 7.27. The summed E-state index contributed by atoms with van der Waals surface area (Å²) in [6.45, 7) is 4.47. The second kappa shape index (κ2) is 5.43. The molecule has 0 amide bonds. The van der Waals surface area contributed by atoms with Crippen molar-refractivity contribution >= 4 is 8.07 Å². The van der Waals surface area contributed by atoms with E-state index in [1.165, 1.54) is 37.8 Å². The lowest BCUT2D eigenvalue weighted by molar-refractivity contribution is 0.935. The van der Waals surface area contributed by atoms with Gasteiger partial charge in [0.2, 0.25) is 0 Å². The van der Waals surface area contributed by atoms with Gasteiger partial charge in [-0.05, 0) is 12.8 Å². The normalized spacial score (nSPS) is 22.0. The van der Waals surface area contributed by atoms with Crippen molar-refractivity contribution in [1.29, 1.82) is 0 Å². The summed E-state index contributed by atoms with van der Waals surface area (Å²) in [5.74, 6) is 0. The lowest BCUT2D eigenvalue weighted by Crippen LogP contribution is -2.24. The Morgan fingerprint density at radius 1 is 0.923 bits per heavy atom. The van der Waals surface area contributed by atoms with E-state index in [0.29, 0.717) is 0 Å². The number of rotatable bonds is 4. The molecule has 0 aromatic heterocycles. The Balaban J connectivity index is 2.63. The summed E-state index contributed by atoms with van der Waals surface area (Å²) < 4.78 is 0. The minimum absolute atomic E-state index is 1.04. The van der Waals surface area contributed by atoms with Gasteiger partial charge in [-0.25, -0.2) is 0 Å². The maximum atomic E-state index is 2.58. The van der Waals surface area contributed by atoms with Crippen LogP contribution in [0.15, 0.2) is 23.6 Å². The van der Waals surface area contributed by atoms with Crippen LogP contribution >= 0.6 is 0 Å². The van der Waals surface area contributed by atoms with Gasteiger partial charge >= 0.3 is 0 Å². The van der Waals surface area contributed by atoms with Crippen molar-refractivity contribution in [2.45, 2.75) is 51.6 Å². The smallest absolute Gasteiger partial charge is 0.0944 e. The summed E-state index contributed by atoms with van der Waals surface area (Å²) in [6, 6.07) is 3.00. The van der Waals surface area contributed by atoms with Gasteiger partial charge in [-0.2, -0.15) is 0 Å². The average Bonchev–Trinajstić information content (AvgIpc) is 2.61. The maximum Gasteiger partial charge on any atom is 0.101 e. The van der Waals surface area contributed by atoms with Crippen LogP contribution in [0, 0.1) is 0 Å². The third-order valence-electron chi connectivity index (χ3n) is 2.91. The zero-order chi connectivity index (χ0) is 9.57. The van der Waals surface area contributed by atoms with Gasteiger partial charge in [-0.15, -0.1) is 0 Å². The van der Waals surface area contributed by atoms with Gasteiger partial charge in [-0.1, -0.05) is 62.3 Å². The topological polar surface area (TPSA) is 0 Å². The van der Waals surface area contributed by atoms with E-state index in [1.54, 1.807) is 0 Å². The lowest BCUT2D eigenvalue weighted by Gasteiger charge is -2.17. The predicted octanol–water partition coefficient (Wildman–Crippen LogP) is 4.24. The van der Waals surface area contributed by atoms with Crippen molar-refractivity contribution in [3.63, 3.8) is 0 Å². The van der Waals surface area contributed by atoms with Crippen molar-refractivity contribution in [3.05, 3.63) is 23.6 Å². The highest BCUT2D eigenvalue weighted by Crippen LogP contribution is 2.32. The fraction of sp³-hybridized carbons (Fsp3) is 0.667. The first-order valence-corrected chi connectivity index (χ1v) is 8.25. The van der Waals surface area contributed by atoms with Crippen molar-refractivity contribution < 1.29 is 0 Å². The Morgan fingerprint density at radius 3 is 1.77 bits per heavy atom. The average molecular weight is 194 g/mol. The second-order valence-electron chi connectivity index (χ2n) is 4.06. The van der Waals surface area contributed by atoms with E-state index in [-0.39, 0.29) is 0 Å². The molecule has 0 nitrogen and oxygen atoms in total. The molecule has 0 N–H and O–H groups in total. The molecule has 1 heterocycles. The van der Waals surface area contributed by atoms with Crippen LogP contribution in [0.25, 0.3) is 0 Å². The number of hydrogen-bond donors (Lipinski definition) is 0. The quantitative estimate of drug-likeness (QED) is 0.587. The van der Waals surface area contributed by atoms with Gasteiger partial charge in [0.15, 0.2) is 0 Å². The molecule has 0 atom stereocenters. The summed E-state index contributed by atoms with van der Waals surface area (Å²) in [5, 5.41) is 0. The van der Waals surface area contributed by atoms with Crippen LogP contribution in [0.5, 0.6) is 0 Å². The summed E-state index contributed by atoms with van der Waals surface area (Å²) in [4.78, 5) is 0. The first-order valence-electron chi connectivity index (χ1n) is 5.68. The predicted molar refractivity (Wildman–Crippen MR) is 63.5 cm³/mol. The minimum Gasteiger partial charge on any atom is -0.0944 e. The fourth-order valence-corrected chi connectivity index (χ4v) is 6.38. The second-order valence-corrected chi connectivity index (χ2v) is 8.19. The molecule has 1 fully saturated rings. The largest absolute Gasteiger partial charge is 0.101 e. The molecule has 0 aliphatic carbocycles. The first-order chi connectivity index (χ1) is 6.33. The molecule has 0 spiro atoms. The Bertz CT molecular complexity index is 169. The molecule has 0 unspecified atom stereocenters.